The second kappa shape index (κ2) is 6.90. The van der Waals surface area contributed by atoms with E-state index in [1.54, 1.807) is 0 Å². The largest absolute Gasteiger partial charge is 0.726 e. The summed E-state index contributed by atoms with van der Waals surface area (Å²) in [4.78, 5) is 3.03. The molecule has 0 spiro atoms. The highest BCUT2D eigenvalue weighted by Crippen LogP contribution is 1.98. The summed E-state index contributed by atoms with van der Waals surface area (Å²) in [5.74, 6) is 0. The molecule has 18 heavy (non-hydrogen) atoms. The Balaban J connectivity index is 0.000000280. The molecule has 2 N–H and O–H groups in total. The lowest BCUT2D eigenvalue weighted by molar-refractivity contribution is -0.695. The Labute approximate surface area is 105 Å². The molecule has 1 aromatic heterocycles. The molecule has 0 atom stereocenters. The number of aromatic amines is 1. The number of hydrogen-bond acceptors (Lipinski definition) is 3. The smallest absolute Gasteiger partial charge is 0.241 e. The summed E-state index contributed by atoms with van der Waals surface area (Å²) in [5, 5.41) is 0. The molecule has 0 aliphatic carbocycles. The van der Waals surface area contributed by atoms with Crippen molar-refractivity contribution in [3.8, 4) is 0 Å². The average Bonchev–Trinajstić information content (AvgIpc) is 2.78. The van der Waals surface area contributed by atoms with Gasteiger partial charge >= 0.3 is 0 Å². The molecule has 0 saturated carbocycles. The minimum atomic E-state index is -4.92. The molecule has 0 radical (unpaired) electrons. The lowest BCUT2D eigenvalue weighted by Crippen LogP contribution is -2.31. The maximum Gasteiger partial charge on any atom is 0.241 e. The van der Waals surface area contributed by atoms with Crippen molar-refractivity contribution >= 4 is 10.4 Å². The monoisotopic (exact) mass is 270 g/mol. The first-order valence-electron chi connectivity index (χ1n) is 5.19. The van der Waals surface area contributed by atoms with Gasteiger partial charge in [0, 0.05) is 6.42 Å². The molecule has 0 amide bonds. The van der Waals surface area contributed by atoms with E-state index in [2.05, 4.69) is 33.8 Å². The number of benzene rings is 1. The van der Waals surface area contributed by atoms with Gasteiger partial charge in [0.15, 0.2) is 0 Å². The van der Waals surface area contributed by atoms with Gasteiger partial charge in [-0.15, -0.1) is 0 Å². The molecule has 0 aliphatic heterocycles. The number of H-pyrrole nitrogens is 1. The zero-order chi connectivity index (χ0) is 13.4. The van der Waals surface area contributed by atoms with Crippen LogP contribution < -0.4 is 4.57 Å². The number of nitrogens with zero attached hydrogens (tertiary/aromatic N) is 1. The summed E-state index contributed by atoms with van der Waals surface area (Å²) in [6.45, 7) is 1.04. The first-order chi connectivity index (χ1) is 8.45. The standard InChI is InChI=1S/C11H12N2.H2O4S/c1-2-4-11(5-3-1)6-8-13-9-7-12-10-13;1-5(2,3)4/h1-5,7,9-10H,6,8H2;(H2,1,2,3,4). The number of rotatable bonds is 3. The van der Waals surface area contributed by atoms with E-state index in [1.165, 1.54) is 5.56 Å². The van der Waals surface area contributed by atoms with Crippen LogP contribution in [0.15, 0.2) is 49.1 Å². The van der Waals surface area contributed by atoms with Crippen molar-refractivity contribution in [3.05, 3.63) is 54.6 Å². The van der Waals surface area contributed by atoms with Crippen molar-refractivity contribution in [2.45, 2.75) is 13.0 Å². The zero-order valence-corrected chi connectivity index (χ0v) is 10.4. The molecule has 7 heteroatoms. The van der Waals surface area contributed by atoms with Crippen molar-refractivity contribution in [2.75, 3.05) is 0 Å². The van der Waals surface area contributed by atoms with Gasteiger partial charge in [0.1, 0.15) is 12.4 Å². The fourth-order valence-corrected chi connectivity index (χ4v) is 1.36. The molecular formula is C11H14N2O4S. The molecule has 2 rings (SSSR count). The Morgan fingerprint density at radius 2 is 1.89 bits per heavy atom. The summed E-state index contributed by atoms with van der Waals surface area (Å²) in [5.41, 5.74) is 1.39. The third-order valence-electron chi connectivity index (χ3n) is 2.10. The van der Waals surface area contributed by atoms with Gasteiger partial charge in [-0.1, -0.05) is 30.3 Å². The van der Waals surface area contributed by atoms with E-state index in [-0.39, 0.29) is 0 Å². The Morgan fingerprint density at radius 1 is 1.28 bits per heavy atom. The number of aryl methyl sites for hydroxylation is 2. The predicted octanol–water partition coefficient (Wildman–Crippen LogP) is 0.549. The lowest BCUT2D eigenvalue weighted by Gasteiger charge is -1.97. The van der Waals surface area contributed by atoms with Gasteiger partial charge in [-0.2, -0.15) is 0 Å². The van der Waals surface area contributed by atoms with Gasteiger partial charge < -0.3 is 4.55 Å². The summed E-state index contributed by atoms with van der Waals surface area (Å²) in [6.07, 6.45) is 7.04. The van der Waals surface area contributed by atoms with Crippen molar-refractivity contribution in [1.29, 1.82) is 0 Å². The van der Waals surface area contributed by atoms with Gasteiger partial charge in [-0.25, -0.2) is 13.0 Å². The molecule has 0 bridgehead atoms. The van der Waals surface area contributed by atoms with E-state index in [4.69, 9.17) is 17.5 Å². The van der Waals surface area contributed by atoms with E-state index < -0.39 is 10.4 Å². The zero-order valence-electron chi connectivity index (χ0n) is 9.56. The van der Waals surface area contributed by atoms with Crippen LogP contribution in [-0.4, -0.2) is 22.5 Å². The summed E-state index contributed by atoms with van der Waals surface area (Å²) < 4.78 is 35.0. The second-order valence-corrected chi connectivity index (χ2v) is 4.37. The molecular weight excluding hydrogens is 256 g/mol. The highest BCUT2D eigenvalue weighted by Gasteiger charge is 1.96. The number of hydrogen-bond donors (Lipinski definition) is 2. The predicted molar refractivity (Wildman–Crippen MR) is 63.5 cm³/mol. The molecule has 0 saturated heterocycles. The van der Waals surface area contributed by atoms with Crippen LogP contribution >= 0.6 is 0 Å². The van der Waals surface area contributed by atoms with E-state index in [1.807, 2.05) is 24.8 Å². The van der Waals surface area contributed by atoms with E-state index in [0.29, 0.717) is 0 Å². The van der Waals surface area contributed by atoms with Crippen LogP contribution in [-0.2, 0) is 23.4 Å². The molecule has 6 nitrogen and oxygen atoms in total. The van der Waals surface area contributed by atoms with Crippen LogP contribution in [0.25, 0.3) is 0 Å². The topological polar surface area (TPSA) is 97.1 Å². The van der Waals surface area contributed by atoms with Crippen molar-refractivity contribution < 1.29 is 22.1 Å². The summed E-state index contributed by atoms with van der Waals surface area (Å²) in [7, 11) is -4.92. The minimum absolute atomic E-state index is 1.04. The van der Waals surface area contributed by atoms with Crippen LogP contribution in [0.4, 0.5) is 0 Å². The maximum atomic E-state index is 8.63. The summed E-state index contributed by atoms with van der Waals surface area (Å²) in [6, 6.07) is 10.5. The van der Waals surface area contributed by atoms with Gasteiger partial charge in [0.2, 0.25) is 16.7 Å². The van der Waals surface area contributed by atoms with Gasteiger partial charge in [0.25, 0.3) is 0 Å². The minimum Gasteiger partial charge on any atom is -0.726 e. The Morgan fingerprint density at radius 3 is 2.39 bits per heavy atom. The molecule has 1 aromatic carbocycles. The fourth-order valence-electron chi connectivity index (χ4n) is 1.36. The highest BCUT2D eigenvalue weighted by molar-refractivity contribution is 7.79. The number of imidazole rings is 1. The third kappa shape index (κ3) is 7.55. The molecule has 0 unspecified atom stereocenters. The van der Waals surface area contributed by atoms with Crippen LogP contribution in [0.1, 0.15) is 5.56 Å². The normalized spacial score (nSPS) is 10.6. The van der Waals surface area contributed by atoms with Crippen LogP contribution in [0.3, 0.4) is 0 Å². The quantitative estimate of drug-likeness (QED) is 0.483. The van der Waals surface area contributed by atoms with E-state index in [0.717, 1.165) is 13.0 Å². The first-order valence-corrected chi connectivity index (χ1v) is 6.56. The molecule has 1 heterocycles. The molecule has 0 aliphatic rings. The van der Waals surface area contributed by atoms with Crippen LogP contribution in [0.5, 0.6) is 0 Å². The van der Waals surface area contributed by atoms with Gasteiger partial charge in [-0.05, 0) is 5.56 Å². The maximum absolute atomic E-state index is 8.63. The number of aromatic nitrogens is 2. The third-order valence-corrected chi connectivity index (χ3v) is 2.10. The van der Waals surface area contributed by atoms with Crippen molar-refractivity contribution in [3.63, 3.8) is 0 Å². The molecule has 98 valence electrons. The fraction of sp³-hybridized carbons (Fsp3) is 0.182. The van der Waals surface area contributed by atoms with Crippen LogP contribution in [0, 0.1) is 0 Å². The Bertz CT molecular complexity index is 530. The van der Waals surface area contributed by atoms with E-state index in [9.17, 15) is 0 Å². The van der Waals surface area contributed by atoms with Crippen molar-refractivity contribution in [1.82, 2.24) is 4.98 Å². The first kappa shape index (κ1) is 14.4. The highest BCUT2D eigenvalue weighted by atomic mass is 32.3. The average molecular weight is 270 g/mol. The van der Waals surface area contributed by atoms with Gasteiger partial charge in [0.05, 0.1) is 6.54 Å². The van der Waals surface area contributed by atoms with E-state index >= 15 is 0 Å². The Hall–Kier alpha value is -1.70. The summed E-state index contributed by atoms with van der Waals surface area (Å²) >= 11 is 0. The van der Waals surface area contributed by atoms with Crippen LogP contribution in [0.2, 0.25) is 0 Å². The van der Waals surface area contributed by atoms with Crippen molar-refractivity contribution in [2.24, 2.45) is 0 Å². The van der Waals surface area contributed by atoms with Gasteiger partial charge in [-0.3, -0.25) is 9.54 Å². The second-order valence-electron chi connectivity index (χ2n) is 3.51. The Kier molecular flexibility index (Phi) is 5.50. The lowest BCUT2D eigenvalue weighted by atomic mass is 10.1. The SMILES string of the molecule is O=S(=O)([O-])O.c1ccc(CC[n+]2cc[nH]c2)cc1. The number of nitrogens with one attached hydrogen (secondary N) is 1. The molecule has 2 aromatic rings. The molecule has 0 fully saturated rings.